The van der Waals surface area contributed by atoms with E-state index in [0.717, 1.165) is 12.1 Å². The van der Waals surface area contributed by atoms with Crippen molar-refractivity contribution in [2.45, 2.75) is 0 Å². The first kappa shape index (κ1) is 13.8. The predicted molar refractivity (Wildman–Crippen MR) is 76.8 cm³/mol. The fourth-order valence-corrected chi connectivity index (χ4v) is 2.19. The molecule has 0 aromatic heterocycles. The fourth-order valence-electron chi connectivity index (χ4n) is 2.19. The number of benzene rings is 3. The molecule has 0 heterocycles. The van der Waals surface area contributed by atoms with E-state index in [1.807, 2.05) is 0 Å². The number of phenols is 1. The molecule has 0 spiro atoms. The number of rotatable bonds is 2. The molecule has 0 saturated carbocycles. The lowest BCUT2D eigenvalue weighted by Crippen LogP contribution is -1.95. The van der Waals surface area contributed by atoms with E-state index >= 15 is 0 Å². The van der Waals surface area contributed by atoms with Crippen LogP contribution in [-0.4, -0.2) is 5.11 Å². The number of aromatic hydroxyl groups is 1. The number of ether oxygens (including phenoxy) is 1. The molecule has 0 atom stereocenters. The Hall–Kier alpha value is -3.13. The summed E-state index contributed by atoms with van der Waals surface area (Å²) >= 11 is 0. The van der Waals surface area contributed by atoms with E-state index < -0.39 is 17.4 Å². The molecule has 3 aromatic carbocycles. The summed E-state index contributed by atoms with van der Waals surface area (Å²) in [5.41, 5.74) is -0.127. The van der Waals surface area contributed by atoms with Crippen LogP contribution in [0, 0.1) is 23.0 Å². The number of hydrogen-bond donors (Lipinski definition) is 1. The van der Waals surface area contributed by atoms with Gasteiger partial charge in [0.25, 0.3) is 0 Å². The molecule has 0 unspecified atom stereocenters. The number of halogens is 2. The summed E-state index contributed by atoms with van der Waals surface area (Å²) in [6.45, 7) is 0. The summed E-state index contributed by atoms with van der Waals surface area (Å²) in [5, 5.41) is 19.5. The Balaban J connectivity index is 2.12. The van der Waals surface area contributed by atoms with Gasteiger partial charge < -0.3 is 9.84 Å². The van der Waals surface area contributed by atoms with Crippen molar-refractivity contribution in [1.29, 1.82) is 5.26 Å². The van der Waals surface area contributed by atoms with E-state index in [-0.39, 0.29) is 17.1 Å². The zero-order valence-corrected chi connectivity index (χ0v) is 11.2. The summed E-state index contributed by atoms with van der Waals surface area (Å²) in [7, 11) is 0. The fraction of sp³-hybridized carbons (Fsp3) is 0. The second-order valence-corrected chi connectivity index (χ2v) is 4.61. The molecule has 108 valence electrons. The molecular weight excluding hydrogens is 288 g/mol. The van der Waals surface area contributed by atoms with Gasteiger partial charge >= 0.3 is 0 Å². The van der Waals surface area contributed by atoms with Crippen molar-refractivity contribution < 1.29 is 18.6 Å². The van der Waals surface area contributed by atoms with Crippen molar-refractivity contribution in [3.63, 3.8) is 0 Å². The first-order chi connectivity index (χ1) is 10.6. The third kappa shape index (κ3) is 2.31. The topological polar surface area (TPSA) is 53.2 Å². The lowest BCUT2D eigenvalue weighted by Gasteiger charge is -2.11. The minimum absolute atomic E-state index is 0.0451. The van der Waals surface area contributed by atoms with E-state index in [1.54, 1.807) is 36.4 Å². The number of nitrogens with zero attached hydrogens (tertiary/aromatic N) is 1. The van der Waals surface area contributed by atoms with E-state index in [4.69, 9.17) is 10.00 Å². The largest absolute Gasteiger partial charge is 0.507 e. The van der Waals surface area contributed by atoms with Gasteiger partial charge in [-0.05, 0) is 24.3 Å². The van der Waals surface area contributed by atoms with Gasteiger partial charge in [0, 0.05) is 10.8 Å². The van der Waals surface area contributed by atoms with Crippen molar-refractivity contribution in [3.8, 4) is 23.3 Å². The molecule has 0 bridgehead atoms. The van der Waals surface area contributed by atoms with E-state index in [9.17, 15) is 13.9 Å². The van der Waals surface area contributed by atoms with Crippen LogP contribution in [0.5, 0.6) is 17.2 Å². The quantitative estimate of drug-likeness (QED) is 0.758. The summed E-state index contributed by atoms with van der Waals surface area (Å²) in [6, 6.07) is 13.1. The average Bonchev–Trinajstić information content (AvgIpc) is 2.51. The molecule has 3 rings (SSSR count). The minimum Gasteiger partial charge on any atom is -0.507 e. The molecule has 0 aliphatic heterocycles. The lowest BCUT2D eigenvalue weighted by molar-refractivity contribution is 0.410. The SMILES string of the molecule is N#Cc1cc(F)c(Oc2cccc3c(O)cccc23)c(F)c1. The third-order valence-electron chi connectivity index (χ3n) is 3.20. The van der Waals surface area contributed by atoms with Gasteiger partial charge in [-0.15, -0.1) is 0 Å². The number of phenolic OH excluding ortho intramolecular Hbond substituents is 1. The smallest absolute Gasteiger partial charge is 0.198 e. The van der Waals surface area contributed by atoms with Crippen molar-refractivity contribution in [2.75, 3.05) is 0 Å². The summed E-state index contributed by atoms with van der Waals surface area (Å²) < 4.78 is 33.1. The van der Waals surface area contributed by atoms with Gasteiger partial charge in [-0.3, -0.25) is 0 Å². The first-order valence-corrected chi connectivity index (χ1v) is 6.38. The number of hydrogen-bond acceptors (Lipinski definition) is 3. The second kappa shape index (κ2) is 5.34. The lowest BCUT2D eigenvalue weighted by atomic mass is 10.1. The molecule has 3 aromatic rings. The van der Waals surface area contributed by atoms with E-state index in [0.29, 0.717) is 10.8 Å². The van der Waals surface area contributed by atoms with E-state index in [2.05, 4.69) is 0 Å². The van der Waals surface area contributed by atoms with E-state index in [1.165, 1.54) is 6.07 Å². The number of nitriles is 1. The summed E-state index contributed by atoms with van der Waals surface area (Å²) in [5.74, 6) is -2.27. The van der Waals surface area contributed by atoms with Crippen molar-refractivity contribution >= 4 is 10.8 Å². The Morgan fingerprint density at radius 3 is 2.27 bits per heavy atom. The molecule has 1 N–H and O–H groups in total. The van der Waals surface area contributed by atoms with Crippen LogP contribution in [0.15, 0.2) is 48.5 Å². The van der Waals surface area contributed by atoms with Crippen LogP contribution in [0.1, 0.15) is 5.56 Å². The first-order valence-electron chi connectivity index (χ1n) is 6.38. The molecule has 0 saturated heterocycles. The predicted octanol–water partition coefficient (Wildman–Crippen LogP) is 4.49. The van der Waals surface area contributed by atoms with Crippen LogP contribution in [-0.2, 0) is 0 Å². The third-order valence-corrected chi connectivity index (χ3v) is 3.20. The standard InChI is InChI=1S/C17H9F2NO2/c18-13-7-10(9-20)8-14(19)17(13)22-16-6-2-3-11-12(16)4-1-5-15(11)21/h1-8,21H. The zero-order valence-electron chi connectivity index (χ0n) is 11.2. The van der Waals surface area contributed by atoms with Gasteiger partial charge in [-0.25, -0.2) is 8.78 Å². The molecule has 0 amide bonds. The molecule has 0 radical (unpaired) electrons. The van der Waals surface area contributed by atoms with Gasteiger partial charge in [-0.2, -0.15) is 5.26 Å². The van der Waals surface area contributed by atoms with Gasteiger partial charge in [-0.1, -0.05) is 24.3 Å². The van der Waals surface area contributed by atoms with Gasteiger partial charge in [0.1, 0.15) is 11.5 Å². The Kier molecular flexibility index (Phi) is 3.36. The van der Waals surface area contributed by atoms with Crippen LogP contribution in [0.4, 0.5) is 8.78 Å². The van der Waals surface area contributed by atoms with Crippen LogP contribution in [0.25, 0.3) is 10.8 Å². The normalized spacial score (nSPS) is 10.4. The Bertz CT molecular complexity index is 893. The van der Waals surface area contributed by atoms with Crippen LogP contribution in [0.2, 0.25) is 0 Å². The minimum atomic E-state index is -0.964. The van der Waals surface area contributed by atoms with Crippen LogP contribution >= 0.6 is 0 Å². The highest BCUT2D eigenvalue weighted by Gasteiger charge is 2.15. The molecular formula is C17H9F2NO2. The molecule has 22 heavy (non-hydrogen) atoms. The highest BCUT2D eigenvalue weighted by molar-refractivity contribution is 5.93. The van der Waals surface area contributed by atoms with Gasteiger partial charge in [0.2, 0.25) is 0 Å². The molecule has 5 heteroatoms. The summed E-state index contributed by atoms with van der Waals surface area (Å²) in [6.07, 6.45) is 0. The Morgan fingerprint density at radius 2 is 1.59 bits per heavy atom. The highest BCUT2D eigenvalue weighted by atomic mass is 19.1. The van der Waals surface area contributed by atoms with Crippen LogP contribution in [0.3, 0.4) is 0 Å². The van der Waals surface area contributed by atoms with Gasteiger partial charge in [0.15, 0.2) is 17.4 Å². The zero-order chi connectivity index (χ0) is 15.7. The Morgan fingerprint density at radius 1 is 0.955 bits per heavy atom. The van der Waals surface area contributed by atoms with Gasteiger partial charge in [0.05, 0.1) is 11.6 Å². The average molecular weight is 297 g/mol. The van der Waals surface area contributed by atoms with Crippen LogP contribution < -0.4 is 4.74 Å². The maximum Gasteiger partial charge on any atom is 0.198 e. The monoisotopic (exact) mass is 297 g/mol. The molecule has 0 aliphatic carbocycles. The van der Waals surface area contributed by atoms with Crippen molar-refractivity contribution in [2.24, 2.45) is 0 Å². The maximum atomic E-state index is 13.9. The molecule has 3 nitrogen and oxygen atoms in total. The second-order valence-electron chi connectivity index (χ2n) is 4.61. The number of fused-ring (bicyclic) bond motifs is 1. The van der Waals surface area contributed by atoms with Crippen molar-refractivity contribution in [3.05, 3.63) is 65.7 Å². The Labute approximate surface area is 124 Å². The summed E-state index contributed by atoms with van der Waals surface area (Å²) in [4.78, 5) is 0. The molecule has 0 fully saturated rings. The molecule has 0 aliphatic rings. The maximum absolute atomic E-state index is 13.9. The van der Waals surface area contributed by atoms with Crippen molar-refractivity contribution in [1.82, 2.24) is 0 Å². The highest BCUT2D eigenvalue weighted by Crippen LogP contribution is 2.35.